The number of hydrogen-bond donors (Lipinski definition) is 1. The Morgan fingerprint density at radius 3 is 2.60 bits per heavy atom. The number of hydrogen-bond acceptors (Lipinski definition) is 4. The van der Waals surface area contributed by atoms with Crippen LogP contribution in [0.5, 0.6) is 0 Å². The van der Waals surface area contributed by atoms with E-state index in [1.807, 2.05) is 6.92 Å². The van der Waals surface area contributed by atoms with E-state index >= 15 is 0 Å². The van der Waals surface area contributed by atoms with Crippen molar-refractivity contribution in [3.05, 3.63) is 39.9 Å². The molecule has 5 heteroatoms. The summed E-state index contributed by atoms with van der Waals surface area (Å²) in [4.78, 5) is 10.0. The quantitative estimate of drug-likeness (QED) is 0.592. The number of ether oxygens (including phenoxy) is 1. The highest BCUT2D eigenvalue weighted by atomic mass is 16.6. The number of rotatable bonds is 2. The minimum absolute atomic E-state index is 0.102. The molecule has 1 fully saturated rings. The predicted octanol–water partition coefficient (Wildman–Crippen LogP) is 1.60. The maximum Gasteiger partial charge on any atom is 0.269 e. The Morgan fingerprint density at radius 2 is 2.13 bits per heavy atom. The second kappa shape index (κ2) is 3.96. The second-order valence-electron chi connectivity index (χ2n) is 3.63. The third-order valence-corrected chi connectivity index (χ3v) is 2.36. The van der Waals surface area contributed by atoms with Gasteiger partial charge in [-0.25, -0.2) is 0 Å². The Morgan fingerprint density at radius 1 is 1.47 bits per heavy atom. The van der Waals surface area contributed by atoms with E-state index in [2.05, 4.69) is 5.32 Å². The number of nitro groups is 1. The summed E-state index contributed by atoms with van der Waals surface area (Å²) in [5.41, 5.74) is 1.02. The van der Waals surface area contributed by atoms with Crippen LogP contribution in [0, 0.1) is 10.1 Å². The largest absolute Gasteiger partial charge is 0.357 e. The van der Waals surface area contributed by atoms with Gasteiger partial charge in [0.15, 0.2) is 0 Å². The first-order valence-electron chi connectivity index (χ1n) is 4.79. The Bertz CT molecular complexity index is 363. The molecule has 0 aromatic heterocycles. The van der Waals surface area contributed by atoms with Gasteiger partial charge in [0.2, 0.25) is 0 Å². The van der Waals surface area contributed by atoms with Gasteiger partial charge in [0.05, 0.1) is 11.5 Å². The van der Waals surface area contributed by atoms with Crippen LogP contribution in [0.4, 0.5) is 5.69 Å². The first kappa shape index (κ1) is 10.1. The minimum Gasteiger partial charge on any atom is -0.357 e. The fourth-order valence-corrected chi connectivity index (χ4v) is 1.56. The molecule has 1 aliphatic rings. The van der Waals surface area contributed by atoms with E-state index < -0.39 is 4.92 Å². The smallest absolute Gasteiger partial charge is 0.269 e. The summed E-state index contributed by atoms with van der Waals surface area (Å²) in [7, 11) is 0. The lowest BCUT2D eigenvalue weighted by atomic mass is 10.2. The molecule has 1 aromatic carbocycles. The van der Waals surface area contributed by atoms with Crippen LogP contribution in [0.2, 0.25) is 0 Å². The van der Waals surface area contributed by atoms with E-state index in [9.17, 15) is 10.1 Å². The van der Waals surface area contributed by atoms with Gasteiger partial charge in [-0.1, -0.05) is 0 Å². The molecular weight excluding hydrogens is 196 g/mol. The van der Waals surface area contributed by atoms with Crippen molar-refractivity contribution in [2.45, 2.75) is 19.2 Å². The number of benzene rings is 1. The van der Waals surface area contributed by atoms with Crippen molar-refractivity contribution in [1.82, 2.24) is 5.32 Å². The van der Waals surface area contributed by atoms with Gasteiger partial charge >= 0.3 is 0 Å². The van der Waals surface area contributed by atoms with Gasteiger partial charge in [0.1, 0.15) is 6.23 Å². The van der Waals surface area contributed by atoms with E-state index in [0.717, 1.165) is 5.56 Å². The summed E-state index contributed by atoms with van der Waals surface area (Å²) in [5, 5.41) is 13.7. The predicted molar refractivity (Wildman–Crippen MR) is 54.4 cm³/mol. The molecule has 2 atom stereocenters. The molecule has 5 nitrogen and oxygen atoms in total. The first-order valence-corrected chi connectivity index (χ1v) is 4.79. The van der Waals surface area contributed by atoms with E-state index in [0.29, 0.717) is 12.6 Å². The van der Waals surface area contributed by atoms with Crippen LogP contribution in [0.25, 0.3) is 0 Å². The zero-order valence-electron chi connectivity index (χ0n) is 8.34. The van der Waals surface area contributed by atoms with Gasteiger partial charge in [-0.2, -0.15) is 0 Å². The lowest BCUT2D eigenvalue weighted by molar-refractivity contribution is -0.384. The number of non-ortho nitro benzene ring substituents is 1. The fourth-order valence-electron chi connectivity index (χ4n) is 1.56. The lowest BCUT2D eigenvalue weighted by Gasteiger charge is -2.10. The Hall–Kier alpha value is -1.46. The van der Waals surface area contributed by atoms with Crippen molar-refractivity contribution in [1.29, 1.82) is 0 Å². The van der Waals surface area contributed by atoms with Crippen LogP contribution in [-0.2, 0) is 4.74 Å². The van der Waals surface area contributed by atoms with Crippen LogP contribution < -0.4 is 5.32 Å². The fraction of sp³-hybridized carbons (Fsp3) is 0.400. The molecule has 80 valence electrons. The zero-order chi connectivity index (χ0) is 10.8. The SMILES string of the molecule is C[C@H]1CO[C@H](c2ccc([N+](=O)[O-])cc2)N1. The molecule has 0 aliphatic carbocycles. The Kier molecular flexibility index (Phi) is 2.66. The normalized spacial score (nSPS) is 25.4. The summed E-state index contributed by atoms with van der Waals surface area (Å²) in [5.74, 6) is 0. The van der Waals surface area contributed by atoms with Crippen molar-refractivity contribution >= 4 is 5.69 Å². The molecule has 0 radical (unpaired) electrons. The molecule has 1 aliphatic heterocycles. The van der Waals surface area contributed by atoms with Crippen molar-refractivity contribution < 1.29 is 9.66 Å². The van der Waals surface area contributed by atoms with Gasteiger partial charge in [-0.3, -0.25) is 15.4 Å². The highest BCUT2D eigenvalue weighted by molar-refractivity contribution is 5.33. The van der Waals surface area contributed by atoms with E-state index in [1.54, 1.807) is 12.1 Å². The molecule has 2 rings (SSSR count). The highest BCUT2D eigenvalue weighted by Gasteiger charge is 2.22. The molecule has 15 heavy (non-hydrogen) atoms. The average molecular weight is 208 g/mol. The lowest BCUT2D eigenvalue weighted by Crippen LogP contribution is -2.22. The highest BCUT2D eigenvalue weighted by Crippen LogP contribution is 2.22. The third kappa shape index (κ3) is 2.14. The minimum atomic E-state index is -0.407. The maximum atomic E-state index is 10.4. The molecule has 0 saturated carbocycles. The van der Waals surface area contributed by atoms with Crippen LogP contribution in [0.15, 0.2) is 24.3 Å². The summed E-state index contributed by atoms with van der Waals surface area (Å²) in [6, 6.07) is 6.74. The van der Waals surface area contributed by atoms with Crippen LogP contribution in [0.1, 0.15) is 18.7 Å². The summed E-state index contributed by atoms with van der Waals surface area (Å²) in [6.07, 6.45) is -0.138. The van der Waals surface area contributed by atoms with Crippen molar-refractivity contribution in [2.75, 3.05) is 6.61 Å². The van der Waals surface area contributed by atoms with E-state index in [1.165, 1.54) is 12.1 Å². The van der Waals surface area contributed by atoms with E-state index in [-0.39, 0.29) is 11.9 Å². The van der Waals surface area contributed by atoms with Crippen LogP contribution in [-0.4, -0.2) is 17.6 Å². The van der Waals surface area contributed by atoms with Crippen LogP contribution >= 0.6 is 0 Å². The molecule has 1 N–H and O–H groups in total. The molecular formula is C10H12N2O3. The average Bonchev–Trinajstić information content (AvgIpc) is 2.65. The summed E-state index contributed by atoms with van der Waals surface area (Å²) in [6.45, 7) is 2.70. The van der Waals surface area contributed by atoms with Gasteiger partial charge in [-0.15, -0.1) is 0 Å². The molecule has 1 saturated heterocycles. The number of nitro benzene ring substituents is 1. The first-order chi connectivity index (χ1) is 7.16. The maximum absolute atomic E-state index is 10.4. The standard InChI is InChI=1S/C10H12N2O3/c1-7-6-15-10(11-7)8-2-4-9(5-3-8)12(13)14/h2-5,7,10-11H,6H2,1H3/t7-,10+/m0/s1. The molecule has 0 amide bonds. The zero-order valence-corrected chi connectivity index (χ0v) is 8.34. The van der Waals surface area contributed by atoms with Gasteiger partial charge < -0.3 is 4.74 Å². The second-order valence-corrected chi connectivity index (χ2v) is 3.63. The Balaban J connectivity index is 2.13. The van der Waals surface area contributed by atoms with Gasteiger partial charge in [0, 0.05) is 18.2 Å². The molecule has 0 unspecified atom stereocenters. The monoisotopic (exact) mass is 208 g/mol. The van der Waals surface area contributed by atoms with Crippen LogP contribution in [0.3, 0.4) is 0 Å². The molecule has 0 spiro atoms. The van der Waals surface area contributed by atoms with Crippen molar-refractivity contribution in [3.63, 3.8) is 0 Å². The van der Waals surface area contributed by atoms with Gasteiger partial charge in [-0.05, 0) is 24.6 Å². The number of nitrogens with one attached hydrogen (secondary N) is 1. The van der Waals surface area contributed by atoms with E-state index in [4.69, 9.17) is 4.74 Å². The topological polar surface area (TPSA) is 64.4 Å². The summed E-state index contributed by atoms with van der Waals surface area (Å²) >= 11 is 0. The molecule has 1 aromatic rings. The summed E-state index contributed by atoms with van der Waals surface area (Å²) < 4.78 is 5.47. The molecule has 0 bridgehead atoms. The molecule has 1 heterocycles. The number of nitrogens with zero attached hydrogens (tertiary/aromatic N) is 1. The van der Waals surface area contributed by atoms with Crippen molar-refractivity contribution in [3.8, 4) is 0 Å². The third-order valence-electron chi connectivity index (χ3n) is 2.36. The van der Waals surface area contributed by atoms with Crippen molar-refractivity contribution in [2.24, 2.45) is 0 Å². The Labute approximate surface area is 87.2 Å². The van der Waals surface area contributed by atoms with Gasteiger partial charge in [0.25, 0.3) is 5.69 Å².